The van der Waals surface area contributed by atoms with Gasteiger partial charge >= 0.3 is 5.97 Å². The molecule has 0 heterocycles. The maximum atomic E-state index is 10.4. The van der Waals surface area contributed by atoms with Crippen molar-refractivity contribution in [3.05, 3.63) is 34.9 Å². The third-order valence-corrected chi connectivity index (χ3v) is 1.65. The Bertz CT molecular complexity index is 313. The molecule has 0 aliphatic rings. The van der Waals surface area contributed by atoms with Gasteiger partial charge in [-0.3, -0.25) is 27.6 Å². The van der Waals surface area contributed by atoms with Crippen LogP contribution in [0.15, 0.2) is 6.07 Å². The van der Waals surface area contributed by atoms with E-state index in [2.05, 4.69) is 12.1 Å². The van der Waals surface area contributed by atoms with Gasteiger partial charge in [0, 0.05) is 60.2 Å². The first-order valence-corrected chi connectivity index (χ1v) is 3.71. The van der Waals surface area contributed by atoms with E-state index in [1.165, 1.54) is 0 Å². The maximum Gasteiger partial charge on any atom is 0.303 e. The molecule has 0 aliphatic heterocycles. The Kier molecular flexibility index (Phi) is 9.33. The molecule has 1 N–H and O–H groups in total. The van der Waals surface area contributed by atoms with Crippen LogP contribution in [0, 0.1) is 26.0 Å². The number of rotatable bonds is 2. The quantitative estimate of drug-likeness (QED) is 0.717. The summed E-state index contributed by atoms with van der Waals surface area (Å²) in [5.41, 5.74) is 2.54. The molecule has 0 saturated heterocycles. The van der Waals surface area contributed by atoms with Gasteiger partial charge in [0.2, 0.25) is 0 Å². The minimum atomic E-state index is -0.819. The molecule has 0 fully saturated rings. The zero-order chi connectivity index (χ0) is 9.14. The summed E-state index contributed by atoms with van der Waals surface area (Å²) in [6.45, 7) is 3.72. The number of carbonyl (C=O) groups is 1. The molecular formula is C10H10O2WY-2. The molecule has 0 atom stereocenters. The van der Waals surface area contributed by atoms with Crippen LogP contribution in [0.4, 0.5) is 0 Å². The van der Waals surface area contributed by atoms with Gasteiger partial charge < -0.3 is 17.2 Å². The Morgan fingerprint density at radius 3 is 2.57 bits per heavy atom. The van der Waals surface area contributed by atoms with E-state index in [0.29, 0.717) is 0 Å². The molecule has 1 radical (unpaired) electrons. The number of aryl methyl sites for hydroxylation is 2. The van der Waals surface area contributed by atoms with E-state index in [-0.39, 0.29) is 60.2 Å². The molecule has 0 unspecified atom stereocenters. The standard InChI is InChI=1S/C10H10O2.W.Y/c1-7-3-4-8(2)9(5-7)6-10(11)12;;/h4H,6H2,1-2H3,(H,11,12);;/q-2;;. The summed E-state index contributed by atoms with van der Waals surface area (Å²) in [6, 6.07) is 7.73. The number of carboxylic acid groups (broad SMARTS) is 1. The zero-order valence-corrected chi connectivity index (χ0v) is 13.9. The third-order valence-electron chi connectivity index (χ3n) is 1.65. The van der Waals surface area contributed by atoms with Crippen molar-refractivity contribution in [2.45, 2.75) is 20.3 Å². The van der Waals surface area contributed by atoms with Gasteiger partial charge in [-0.2, -0.15) is 0 Å². The Morgan fingerprint density at radius 2 is 2.07 bits per heavy atom. The van der Waals surface area contributed by atoms with E-state index in [1.54, 1.807) is 6.07 Å². The minimum Gasteiger partial charge on any atom is -0.481 e. The van der Waals surface area contributed by atoms with Crippen molar-refractivity contribution in [3.63, 3.8) is 0 Å². The molecule has 0 saturated carbocycles. The summed E-state index contributed by atoms with van der Waals surface area (Å²) < 4.78 is 0. The molecule has 0 amide bonds. The van der Waals surface area contributed by atoms with Crippen molar-refractivity contribution in [1.82, 2.24) is 0 Å². The van der Waals surface area contributed by atoms with Crippen LogP contribution in [0.3, 0.4) is 0 Å². The van der Waals surface area contributed by atoms with Gasteiger partial charge in [0.05, 0.1) is 0 Å². The van der Waals surface area contributed by atoms with Crippen LogP contribution in [-0.4, -0.2) is 11.1 Å². The molecule has 0 aromatic heterocycles. The van der Waals surface area contributed by atoms with Crippen molar-refractivity contribution in [1.29, 1.82) is 0 Å². The van der Waals surface area contributed by atoms with Crippen molar-refractivity contribution in [2.75, 3.05) is 0 Å². The Morgan fingerprint density at radius 1 is 1.50 bits per heavy atom. The second-order valence-corrected chi connectivity index (χ2v) is 2.77. The smallest absolute Gasteiger partial charge is 0.303 e. The molecule has 0 spiro atoms. The topological polar surface area (TPSA) is 37.3 Å². The molecule has 0 bridgehead atoms. The van der Waals surface area contributed by atoms with Crippen LogP contribution in [0.2, 0.25) is 0 Å². The van der Waals surface area contributed by atoms with Gasteiger partial charge in [-0.05, 0) is 0 Å². The number of carboxylic acids is 1. The fraction of sp³-hybridized carbons (Fsp3) is 0.300. The average Bonchev–Trinajstić information content (AvgIpc) is 1.96. The van der Waals surface area contributed by atoms with E-state index in [0.717, 1.165) is 16.7 Å². The molecular weight excluding hydrogens is 425 g/mol. The van der Waals surface area contributed by atoms with Gasteiger partial charge in [-0.25, -0.2) is 0 Å². The van der Waals surface area contributed by atoms with Gasteiger partial charge in [0.15, 0.2) is 0 Å². The fourth-order valence-electron chi connectivity index (χ4n) is 0.999. The summed E-state index contributed by atoms with van der Waals surface area (Å²) in [7, 11) is 0. The molecule has 14 heavy (non-hydrogen) atoms. The first kappa shape index (κ1) is 16.9. The third kappa shape index (κ3) is 5.38. The first-order chi connectivity index (χ1) is 5.59. The van der Waals surface area contributed by atoms with Crippen LogP contribution in [-0.2, 0) is 65.0 Å². The van der Waals surface area contributed by atoms with Gasteiger partial charge in [-0.15, -0.1) is 6.92 Å². The predicted molar refractivity (Wildman–Crippen MR) is 44.9 cm³/mol. The van der Waals surface area contributed by atoms with E-state index < -0.39 is 5.97 Å². The monoisotopic (exact) mass is 435 g/mol. The van der Waals surface area contributed by atoms with Crippen LogP contribution in [0.25, 0.3) is 0 Å². The number of benzene rings is 1. The summed E-state index contributed by atoms with van der Waals surface area (Å²) in [5, 5.41) is 8.55. The van der Waals surface area contributed by atoms with E-state index in [1.807, 2.05) is 13.8 Å². The normalized spacial score (nSPS) is 8.43. The second kappa shape index (κ2) is 7.73. The molecule has 1 aromatic carbocycles. The van der Waals surface area contributed by atoms with Gasteiger partial charge in [0.25, 0.3) is 0 Å². The zero-order valence-electron chi connectivity index (χ0n) is 8.13. The van der Waals surface area contributed by atoms with Crippen LogP contribution >= 0.6 is 0 Å². The second-order valence-electron chi connectivity index (χ2n) is 2.77. The van der Waals surface area contributed by atoms with Gasteiger partial charge in [0.1, 0.15) is 0 Å². The molecule has 4 heteroatoms. The molecule has 1 rings (SSSR count). The number of hydrogen-bond donors (Lipinski definition) is 1. The van der Waals surface area contributed by atoms with Crippen molar-refractivity contribution < 1.29 is 63.7 Å². The fourth-order valence-corrected chi connectivity index (χ4v) is 0.999. The summed E-state index contributed by atoms with van der Waals surface area (Å²) in [4.78, 5) is 10.4. The Labute approximate surface area is 124 Å². The SMILES string of the molecule is Cc1[c-]cc(C)c(CC(=O)O)[c-]1.[W].[Y]. The summed E-state index contributed by atoms with van der Waals surface area (Å²) >= 11 is 0. The molecule has 2 nitrogen and oxygen atoms in total. The molecule has 73 valence electrons. The van der Waals surface area contributed by atoms with Crippen molar-refractivity contribution >= 4 is 5.97 Å². The van der Waals surface area contributed by atoms with E-state index in [9.17, 15) is 4.79 Å². The van der Waals surface area contributed by atoms with E-state index in [4.69, 9.17) is 5.11 Å². The summed E-state index contributed by atoms with van der Waals surface area (Å²) in [6.07, 6.45) is 0.0430. The molecule has 0 aliphatic carbocycles. The predicted octanol–water partition coefficient (Wildman–Crippen LogP) is 1.53. The van der Waals surface area contributed by atoms with Crippen LogP contribution < -0.4 is 0 Å². The number of hydrogen-bond acceptors (Lipinski definition) is 1. The molecule has 1 aromatic rings. The number of aliphatic carboxylic acids is 1. The van der Waals surface area contributed by atoms with E-state index >= 15 is 0 Å². The Hall–Kier alpha value is 0.482. The Balaban J connectivity index is 0. The first-order valence-electron chi connectivity index (χ1n) is 3.71. The maximum absolute atomic E-state index is 10.4. The van der Waals surface area contributed by atoms with Crippen molar-refractivity contribution in [3.8, 4) is 0 Å². The van der Waals surface area contributed by atoms with Crippen LogP contribution in [0.5, 0.6) is 0 Å². The largest absolute Gasteiger partial charge is 0.481 e. The summed E-state index contributed by atoms with van der Waals surface area (Å²) in [5.74, 6) is -0.819. The van der Waals surface area contributed by atoms with Gasteiger partial charge in [-0.1, -0.05) is 6.92 Å². The average molecular weight is 435 g/mol. The van der Waals surface area contributed by atoms with Crippen molar-refractivity contribution in [2.24, 2.45) is 0 Å². The van der Waals surface area contributed by atoms with Crippen LogP contribution in [0.1, 0.15) is 16.7 Å². The minimum absolute atomic E-state index is 0.